The Balaban J connectivity index is 2.83. The Morgan fingerprint density at radius 3 is 1.65 bits per heavy atom. The van der Waals surface area contributed by atoms with Gasteiger partial charge in [-0.15, -0.1) is 0 Å². The highest BCUT2D eigenvalue weighted by Gasteiger charge is 2.28. The van der Waals surface area contributed by atoms with Crippen LogP contribution in [0.3, 0.4) is 0 Å². The molecule has 0 saturated carbocycles. The molecule has 2 aromatic carbocycles. The number of halogens is 3. The van der Waals surface area contributed by atoms with Crippen LogP contribution in [0.25, 0.3) is 11.1 Å². The van der Waals surface area contributed by atoms with E-state index in [1.807, 2.05) is 24.3 Å². The van der Waals surface area contributed by atoms with Gasteiger partial charge in [-0.05, 0) is 28.1 Å². The fourth-order valence-corrected chi connectivity index (χ4v) is 9.58. The van der Waals surface area contributed by atoms with Crippen molar-refractivity contribution in [3.8, 4) is 11.1 Å². The minimum Gasteiger partial charge on any atom is -0.0844 e. The molecule has 0 unspecified atom stereocenters. The van der Waals surface area contributed by atoms with Crippen LogP contribution >= 0.6 is 34.8 Å². The summed E-state index contributed by atoms with van der Waals surface area (Å²) in [6, 6.07) is 10.1. The minimum absolute atomic E-state index is 0.773. The molecule has 0 atom stereocenters. The standard InChI is InChI=1S/C18H23Cl3Si2/c1-22(2,3)17-13(8-7-9-14(17)19)12-10-11-15(20)18(16(12)21)23(4,5)6/h7-11H,1-6H3. The van der Waals surface area contributed by atoms with Crippen molar-refractivity contribution >= 4 is 61.3 Å². The van der Waals surface area contributed by atoms with Gasteiger partial charge in [-0.25, -0.2) is 0 Å². The van der Waals surface area contributed by atoms with E-state index in [1.54, 1.807) is 0 Å². The molecule has 0 amide bonds. The highest BCUT2D eigenvalue weighted by atomic mass is 35.5. The molecule has 0 radical (unpaired) electrons. The molecule has 0 aliphatic rings. The van der Waals surface area contributed by atoms with E-state index < -0.39 is 16.1 Å². The zero-order chi connectivity index (χ0) is 17.6. The Labute approximate surface area is 156 Å². The molecule has 0 bridgehead atoms. The lowest BCUT2D eigenvalue weighted by Gasteiger charge is -2.26. The molecular weight excluding hydrogens is 379 g/mol. The van der Waals surface area contributed by atoms with E-state index in [2.05, 4.69) is 45.3 Å². The average Bonchev–Trinajstić information content (AvgIpc) is 2.35. The van der Waals surface area contributed by atoms with Crippen LogP contribution in [0, 0.1) is 0 Å². The molecule has 23 heavy (non-hydrogen) atoms. The summed E-state index contributed by atoms with van der Waals surface area (Å²) in [5.41, 5.74) is 2.20. The first kappa shape index (κ1) is 19.1. The van der Waals surface area contributed by atoms with Crippen molar-refractivity contribution in [2.45, 2.75) is 39.3 Å². The smallest absolute Gasteiger partial charge is 0.0815 e. The summed E-state index contributed by atoms with van der Waals surface area (Å²) in [5.74, 6) is 0. The van der Waals surface area contributed by atoms with E-state index in [4.69, 9.17) is 34.8 Å². The normalized spacial score (nSPS) is 12.6. The Bertz CT molecular complexity index is 741. The zero-order valence-corrected chi connectivity index (χ0v) is 18.8. The molecule has 5 heteroatoms. The summed E-state index contributed by atoms with van der Waals surface area (Å²) < 4.78 is 0. The van der Waals surface area contributed by atoms with Crippen molar-refractivity contribution in [1.29, 1.82) is 0 Å². The minimum atomic E-state index is -1.65. The van der Waals surface area contributed by atoms with Crippen molar-refractivity contribution in [3.05, 3.63) is 45.4 Å². The Morgan fingerprint density at radius 1 is 0.609 bits per heavy atom. The summed E-state index contributed by atoms with van der Waals surface area (Å²) in [7, 11) is -3.27. The third-order valence-corrected chi connectivity index (χ3v) is 9.45. The van der Waals surface area contributed by atoms with Crippen LogP contribution < -0.4 is 10.4 Å². The van der Waals surface area contributed by atoms with Crippen molar-refractivity contribution in [2.24, 2.45) is 0 Å². The highest BCUT2D eigenvalue weighted by molar-refractivity contribution is 6.92. The van der Waals surface area contributed by atoms with Crippen LogP contribution in [0.15, 0.2) is 30.3 Å². The third-order valence-electron chi connectivity index (χ3n) is 3.89. The van der Waals surface area contributed by atoms with Gasteiger partial charge in [0.05, 0.1) is 16.1 Å². The lowest BCUT2D eigenvalue weighted by Crippen LogP contribution is -2.41. The van der Waals surface area contributed by atoms with Gasteiger partial charge in [0, 0.05) is 20.6 Å². The molecule has 2 aromatic rings. The van der Waals surface area contributed by atoms with Crippen LogP contribution in [0.2, 0.25) is 54.3 Å². The maximum Gasteiger partial charge on any atom is 0.0815 e. The summed E-state index contributed by atoms with van der Waals surface area (Å²) in [5, 5.41) is 4.78. The molecule has 0 heterocycles. The first-order chi connectivity index (χ1) is 10.4. The average molecular weight is 402 g/mol. The van der Waals surface area contributed by atoms with E-state index in [0.29, 0.717) is 0 Å². The van der Waals surface area contributed by atoms with Gasteiger partial charge < -0.3 is 0 Å². The van der Waals surface area contributed by atoms with Crippen LogP contribution in [0.4, 0.5) is 0 Å². The second-order valence-electron chi connectivity index (χ2n) is 7.95. The van der Waals surface area contributed by atoms with E-state index >= 15 is 0 Å². The highest BCUT2D eigenvalue weighted by Crippen LogP contribution is 2.32. The topological polar surface area (TPSA) is 0 Å². The quantitative estimate of drug-likeness (QED) is 0.521. The van der Waals surface area contributed by atoms with E-state index in [1.165, 1.54) is 5.19 Å². The second-order valence-corrected chi connectivity index (χ2v) is 19.1. The molecule has 0 aliphatic heterocycles. The first-order valence-corrected chi connectivity index (χ1v) is 15.9. The molecule has 0 fully saturated rings. The van der Waals surface area contributed by atoms with Crippen LogP contribution in [-0.2, 0) is 0 Å². The SMILES string of the molecule is C[Si](C)(C)c1c(Cl)cccc1-c1ccc(Cl)c([Si](C)(C)C)c1Cl. The molecule has 0 spiro atoms. The molecule has 0 nitrogen and oxygen atoms in total. The fraction of sp³-hybridized carbons (Fsp3) is 0.333. The van der Waals surface area contributed by atoms with E-state index in [9.17, 15) is 0 Å². The van der Waals surface area contributed by atoms with Crippen molar-refractivity contribution < 1.29 is 0 Å². The van der Waals surface area contributed by atoms with Crippen molar-refractivity contribution in [1.82, 2.24) is 0 Å². The van der Waals surface area contributed by atoms with Gasteiger partial charge in [0.1, 0.15) is 0 Å². The van der Waals surface area contributed by atoms with Gasteiger partial charge in [0.25, 0.3) is 0 Å². The third kappa shape index (κ3) is 3.88. The van der Waals surface area contributed by atoms with Crippen molar-refractivity contribution in [2.75, 3.05) is 0 Å². The maximum atomic E-state index is 6.83. The summed E-state index contributed by atoms with van der Waals surface area (Å²) in [4.78, 5) is 0. The lowest BCUT2D eigenvalue weighted by molar-refractivity contribution is 1.61. The lowest BCUT2D eigenvalue weighted by atomic mass is 10.1. The Morgan fingerprint density at radius 2 is 1.13 bits per heavy atom. The second kappa shape index (κ2) is 6.57. The Hall–Kier alpha value is -0.256. The molecule has 0 aliphatic carbocycles. The number of benzene rings is 2. The molecule has 0 aromatic heterocycles. The molecule has 0 N–H and O–H groups in total. The predicted octanol–water partition coefficient (Wildman–Crippen LogP) is 6.40. The van der Waals surface area contributed by atoms with E-state index in [0.717, 1.165) is 31.4 Å². The predicted molar refractivity (Wildman–Crippen MR) is 113 cm³/mol. The largest absolute Gasteiger partial charge is 0.0844 e. The van der Waals surface area contributed by atoms with Gasteiger partial charge in [-0.3, -0.25) is 0 Å². The van der Waals surface area contributed by atoms with E-state index in [-0.39, 0.29) is 0 Å². The van der Waals surface area contributed by atoms with Crippen LogP contribution in [-0.4, -0.2) is 16.1 Å². The zero-order valence-electron chi connectivity index (χ0n) is 14.5. The molecule has 0 saturated heterocycles. The molecule has 124 valence electrons. The number of hydrogen-bond acceptors (Lipinski definition) is 0. The van der Waals surface area contributed by atoms with Gasteiger partial charge in [0.15, 0.2) is 0 Å². The maximum absolute atomic E-state index is 6.83. The molecular formula is C18H23Cl3Si2. The van der Waals surface area contributed by atoms with Gasteiger partial charge in [0.2, 0.25) is 0 Å². The summed E-state index contributed by atoms with van der Waals surface area (Å²) in [6.07, 6.45) is 0. The summed E-state index contributed by atoms with van der Waals surface area (Å²) in [6.45, 7) is 13.7. The first-order valence-electron chi connectivity index (χ1n) is 7.72. The van der Waals surface area contributed by atoms with Gasteiger partial charge in [-0.2, -0.15) is 0 Å². The van der Waals surface area contributed by atoms with Gasteiger partial charge >= 0.3 is 0 Å². The van der Waals surface area contributed by atoms with Gasteiger partial charge in [-0.1, -0.05) is 92.3 Å². The fourth-order valence-electron chi connectivity index (χ4n) is 2.96. The summed E-state index contributed by atoms with van der Waals surface area (Å²) >= 11 is 19.8. The van der Waals surface area contributed by atoms with Crippen LogP contribution in [0.5, 0.6) is 0 Å². The van der Waals surface area contributed by atoms with Crippen LogP contribution in [0.1, 0.15) is 0 Å². The number of hydrogen-bond donors (Lipinski definition) is 0. The number of rotatable bonds is 3. The molecule has 2 rings (SSSR count). The van der Waals surface area contributed by atoms with Crippen molar-refractivity contribution in [3.63, 3.8) is 0 Å². The Kier molecular flexibility index (Phi) is 5.45. The monoisotopic (exact) mass is 400 g/mol.